The summed E-state index contributed by atoms with van der Waals surface area (Å²) in [5.41, 5.74) is 0.333. The number of alkyl halides is 6. The van der Waals surface area contributed by atoms with Crippen LogP contribution in [0.1, 0.15) is 22.6 Å². The number of aryl methyl sites for hydroxylation is 2. The normalized spacial score (nSPS) is 14.5. The van der Waals surface area contributed by atoms with E-state index < -0.39 is 47.7 Å². The van der Waals surface area contributed by atoms with Crippen molar-refractivity contribution in [2.45, 2.75) is 44.4 Å². The Kier molecular flexibility index (Phi) is 6.98. The van der Waals surface area contributed by atoms with Crippen LogP contribution in [-0.2, 0) is 10.8 Å². The average molecular weight is 462 g/mol. The fraction of sp³-hybridized carbons (Fsp3) is 0.471. The van der Waals surface area contributed by atoms with Crippen molar-refractivity contribution in [3.63, 3.8) is 0 Å². The van der Waals surface area contributed by atoms with E-state index in [1.54, 1.807) is 13.8 Å². The highest BCUT2D eigenvalue weighted by atomic mass is 32.2. The second-order valence-electron chi connectivity index (χ2n) is 6.28. The van der Waals surface area contributed by atoms with Crippen molar-refractivity contribution in [2.75, 3.05) is 12.3 Å². The van der Waals surface area contributed by atoms with Crippen LogP contribution in [0, 0.1) is 26.6 Å². The topological polar surface area (TPSA) is 34.4 Å². The molecule has 0 aliphatic carbocycles. The van der Waals surface area contributed by atoms with Crippen LogP contribution in [0.2, 0.25) is 0 Å². The summed E-state index contributed by atoms with van der Waals surface area (Å²) in [7, 11) is -2.46. The van der Waals surface area contributed by atoms with Crippen molar-refractivity contribution in [1.29, 1.82) is 0 Å². The van der Waals surface area contributed by atoms with Crippen LogP contribution in [0.5, 0.6) is 0 Å². The van der Waals surface area contributed by atoms with Gasteiger partial charge in [-0.3, -0.25) is 13.8 Å². The molecule has 29 heavy (non-hydrogen) atoms. The lowest BCUT2D eigenvalue weighted by Gasteiger charge is -2.14. The van der Waals surface area contributed by atoms with E-state index in [9.17, 15) is 34.9 Å². The van der Waals surface area contributed by atoms with Gasteiger partial charge in [0.25, 0.3) is 0 Å². The molecule has 0 aliphatic heterocycles. The van der Waals surface area contributed by atoms with Crippen molar-refractivity contribution in [3.05, 3.63) is 38.9 Å². The number of rotatable bonds is 5. The van der Waals surface area contributed by atoms with Crippen molar-refractivity contribution >= 4 is 22.1 Å². The first-order valence-electron chi connectivity index (χ1n) is 8.21. The zero-order valence-electron chi connectivity index (χ0n) is 15.5. The van der Waals surface area contributed by atoms with Gasteiger partial charge in [0.2, 0.25) is 0 Å². The van der Waals surface area contributed by atoms with Crippen molar-refractivity contribution in [1.82, 2.24) is 4.57 Å². The molecule has 1 aromatic heterocycles. The quantitative estimate of drug-likeness (QED) is 0.568. The molecule has 0 amide bonds. The molecule has 1 aromatic carbocycles. The first-order valence-corrected chi connectivity index (χ1v) is 10.3. The molecular weight excluding hydrogens is 445 g/mol. The molecule has 2 aromatic rings. The highest BCUT2D eigenvalue weighted by molar-refractivity contribution is 7.85. The van der Waals surface area contributed by atoms with Gasteiger partial charge in [-0.25, -0.2) is 4.39 Å². The van der Waals surface area contributed by atoms with Gasteiger partial charge >= 0.3 is 12.4 Å². The second kappa shape index (κ2) is 8.58. The Balaban J connectivity index is 2.59. The van der Waals surface area contributed by atoms with Crippen molar-refractivity contribution in [2.24, 2.45) is 4.99 Å². The summed E-state index contributed by atoms with van der Waals surface area (Å²) < 4.78 is 103. The van der Waals surface area contributed by atoms with Gasteiger partial charge in [0.1, 0.15) is 11.6 Å². The molecule has 12 heteroatoms. The van der Waals surface area contributed by atoms with E-state index in [1.807, 2.05) is 0 Å². The maximum atomic E-state index is 14.6. The Hall–Kier alpha value is -1.69. The van der Waals surface area contributed by atoms with Gasteiger partial charge in [-0.2, -0.15) is 26.3 Å². The lowest BCUT2D eigenvalue weighted by Crippen LogP contribution is -2.21. The molecule has 2 rings (SSSR count). The van der Waals surface area contributed by atoms with Gasteiger partial charge in [-0.05, 0) is 38.5 Å². The Labute approximate surface area is 168 Å². The van der Waals surface area contributed by atoms with Gasteiger partial charge in [0, 0.05) is 15.5 Å². The Bertz CT molecular complexity index is 987. The standard InChI is InChI=1S/C17H17F7N2OS2/c1-9-6-12(18)13(7-14(9)29(27)8-17(22,23)24)26-10(2)11(3)28-15(26)25-5-4-16(19,20)21/h6-7H,4-5,8H2,1-3H3. The van der Waals surface area contributed by atoms with Crippen LogP contribution in [0.4, 0.5) is 30.7 Å². The second-order valence-corrected chi connectivity index (χ2v) is 8.88. The summed E-state index contributed by atoms with van der Waals surface area (Å²) in [5, 5.41) is 0. The molecule has 3 nitrogen and oxygen atoms in total. The molecule has 0 spiro atoms. The fourth-order valence-corrected chi connectivity index (χ4v) is 4.62. The number of benzene rings is 1. The first-order chi connectivity index (χ1) is 13.2. The number of nitrogens with zero attached hydrogens (tertiary/aromatic N) is 2. The third-order valence-electron chi connectivity index (χ3n) is 3.95. The van der Waals surface area contributed by atoms with Crippen LogP contribution < -0.4 is 4.80 Å². The highest BCUT2D eigenvalue weighted by Crippen LogP contribution is 2.27. The van der Waals surface area contributed by atoms with E-state index in [2.05, 4.69) is 4.99 Å². The summed E-state index contributed by atoms with van der Waals surface area (Å²) in [5.74, 6) is -2.40. The van der Waals surface area contributed by atoms with E-state index in [0.717, 1.165) is 23.5 Å². The van der Waals surface area contributed by atoms with Crippen molar-refractivity contribution in [3.8, 4) is 5.69 Å². The zero-order valence-corrected chi connectivity index (χ0v) is 17.2. The Morgan fingerprint density at radius 3 is 2.24 bits per heavy atom. The minimum absolute atomic E-state index is 0.0690. The van der Waals surface area contributed by atoms with E-state index in [1.165, 1.54) is 11.5 Å². The van der Waals surface area contributed by atoms with E-state index in [4.69, 9.17) is 0 Å². The predicted molar refractivity (Wildman–Crippen MR) is 96.2 cm³/mol. The lowest BCUT2D eigenvalue weighted by atomic mass is 10.2. The Morgan fingerprint density at radius 2 is 1.69 bits per heavy atom. The minimum atomic E-state index is -4.67. The molecule has 162 valence electrons. The molecule has 0 fully saturated rings. The van der Waals surface area contributed by atoms with Gasteiger partial charge < -0.3 is 0 Å². The molecular formula is C17H17F7N2OS2. The van der Waals surface area contributed by atoms with Gasteiger partial charge in [-0.1, -0.05) is 0 Å². The molecule has 1 heterocycles. The van der Waals surface area contributed by atoms with Crippen LogP contribution in [0.25, 0.3) is 5.69 Å². The van der Waals surface area contributed by atoms with Gasteiger partial charge in [0.05, 0.1) is 29.5 Å². The summed E-state index contributed by atoms with van der Waals surface area (Å²) in [6.45, 7) is 4.00. The van der Waals surface area contributed by atoms with Gasteiger partial charge in [0.15, 0.2) is 4.80 Å². The summed E-state index contributed by atoms with van der Waals surface area (Å²) >= 11 is 1.03. The van der Waals surface area contributed by atoms with E-state index in [-0.39, 0.29) is 20.9 Å². The SMILES string of the molecule is Cc1cc(F)c(-n2c(C)c(C)sc2=NCCC(F)(F)F)cc1S(=O)CC(F)(F)F. The summed E-state index contributed by atoms with van der Waals surface area (Å²) in [6.07, 6.45) is -10.3. The number of hydrogen-bond donors (Lipinski definition) is 0. The monoisotopic (exact) mass is 462 g/mol. The molecule has 0 aliphatic rings. The average Bonchev–Trinajstić information content (AvgIpc) is 2.79. The number of halogens is 7. The third kappa shape index (κ3) is 6.14. The Morgan fingerprint density at radius 1 is 1.07 bits per heavy atom. The molecule has 0 radical (unpaired) electrons. The first kappa shape index (κ1) is 23.6. The maximum absolute atomic E-state index is 14.6. The molecule has 0 N–H and O–H groups in total. The molecule has 0 bridgehead atoms. The summed E-state index contributed by atoms with van der Waals surface area (Å²) in [6, 6.07) is 1.99. The smallest absolute Gasteiger partial charge is 0.287 e. The lowest BCUT2D eigenvalue weighted by molar-refractivity contribution is -0.132. The predicted octanol–water partition coefficient (Wildman–Crippen LogP) is 5.13. The van der Waals surface area contributed by atoms with Crippen LogP contribution in [0.15, 0.2) is 22.0 Å². The maximum Gasteiger partial charge on any atom is 0.400 e. The highest BCUT2D eigenvalue weighted by Gasteiger charge is 2.32. The van der Waals surface area contributed by atoms with Crippen LogP contribution in [-0.4, -0.2) is 33.4 Å². The molecule has 0 saturated carbocycles. The zero-order chi connectivity index (χ0) is 22.1. The fourth-order valence-electron chi connectivity index (χ4n) is 2.51. The minimum Gasteiger partial charge on any atom is -0.287 e. The largest absolute Gasteiger partial charge is 0.400 e. The van der Waals surface area contributed by atoms with Crippen LogP contribution >= 0.6 is 11.3 Å². The molecule has 1 atom stereocenters. The van der Waals surface area contributed by atoms with E-state index in [0.29, 0.717) is 10.6 Å². The number of aromatic nitrogens is 1. The molecule has 1 unspecified atom stereocenters. The number of thiazole rings is 1. The molecule has 0 saturated heterocycles. The van der Waals surface area contributed by atoms with Gasteiger partial charge in [-0.15, -0.1) is 11.3 Å². The number of hydrogen-bond acceptors (Lipinski definition) is 3. The van der Waals surface area contributed by atoms with Crippen LogP contribution in [0.3, 0.4) is 0 Å². The van der Waals surface area contributed by atoms with E-state index >= 15 is 0 Å². The third-order valence-corrected chi connectivity index (χ3v) is 6.56. The summed E-state index contributed by atoms with van der Waals surface area (Å²) in [4.78, 5) is 4.40. The van der Waals surface area contributed by atoms with Crippen molar-refractivity contribution < 1.29 is 34.9 Å².